The van der Waals surface area contributed by atoms with Gasteiger partial charge in [0.25, 0.3) is 5.91 Å². The SMILES string of the molecule is CC1OC1C(=O)N1CCc2ccc(Cl)cc2C1. The number of epoxide rings is 1. The van der Waals surface area contributed by atoms with Crippen LogP contribution in [0.4, 0.5) is 0 Å². The molecular formula is C13H14ClNO2. The highest BCUT2D eigenvalue weighted by atomic mass is 35.5. The Bertz CT molecular complexity index is 474. The second kappa shape index (κ2) is 4.00. The minimum absolute atomic E-state index is 0.0864. The Morgan fingerprint density at radius 1 is 1.47 bits per heavy atom. The van der Waals surface area contributed by atoms with Crippen LogP contribution >= 0.6 is 11.6 Å². The Morgan fingerprint density at radius 2 is 2.24 bits per heavy atom. The number of ether oxygens (including phenoxy) is 1. The predicted octanol–water partition coefficient (Wildman–Crippen LogP) is 2.01. The Balaban J connectivity index is 1.78. The molecule has 0 bridgehead atoms. The van der Waals surface area contributed by atoms with Gasteiger partial charge in [0.1, 0.15) is 0 Å². The van der Waals surface area contributed by atoms with Crippen LogP contribution in [0.15, 0.2) is 18.2 Å². The lowest BCUT2D eigenvalue weighted by Crippen LogP contribution is -2.39. The van der Waals surface area contributed by atoms with E-state index in [0.29, 0.717) is 6.54 Å². The van der Waals surface area contributed by atoms with Gasteiger partial charge in [-0.15, -0.1) is 0 Å². The minimum Gasteiger partial charge on any atom is -0.359 e. The molecule has 0 N–H and O–H groups in total. The second-order valence-electron chi connectivity index (χ2n) is 4.68. The van der Waals surface area contributed by atoms with Gasteiger partial charge in [-0.3, -0.25) is 4.79 Å². The van der Waals surface area contributed by atoms with Crippen molar-refractivity contribution in [2.45, 2.75) is 32.1 Å². The molecule has 0 aromatic heterocycles. The molecule has 1 amide bonds. The molecule has 3 nitrogen and oxygen atoms in total. The Hall–Kier alpha value is -1.06. The van der Waals surface area contributed by atoms with Gasteiger partial charge in [0.05, 0.1) is 6.10 Å². The van der Waals surface area contributed by atoms with Crippen LogP contribution in [-0.2, 0) is 22.5 Å². The zero-order chi connectivity index (χ0) is 12.0. The molecule has 1 aromatic rings. The van der Waals surface area contributed by atoms with Crippen LogP contribution < -0.4 is 0 Å². The van der Waals surface area contributed by atoms with E-state index < -0.39 is 0 Å². The highest BCUT2D eigenvalue weighted by Gasteiger charge is 2.43. The molecule has 2 unspecified atom stereocenters. The molecule has 1 saturated heterocycles. The monoisotopic (exact) mass is 251 g/mol. The molecule has 3 rings (SSSR count). The van der Waals surface area contributed by atoms with Crippen LogP contribution in [0, 0.1) is 0 Å². The first-order valence-corrected chi connectivity index (χ1v) is 6.24. The molecule has 2 aliphatic rings. The summed E-state index contributed by atoms with van der Waals surface area (Å²) in [7, 11) is 0. The van der Waals surface area contributed by atoms with Crippen LogP contribution in [0.1, 0.15) is 18.1 Å². The first-order chi connectivity index (χ1) is 8.15. The lowest BCUT2D eigenvalue weighted by atomic mass is 9.99. The van der Waals surface area contributed by atoms with Crippen molar-refractivity contribution < 1.29 is 9.53 Å². The first-order valence-electron chi connectivity index (χ1n) is 5.87. The smallest absolute Gasteiger partial charge is 0.254 e. The molecule has 0 radical (unpaired) electrons. The fourth-order valence-electron chi connectivity index (χ4n) is 2.34. The van der Waals surface area contributed by atoms with Crippen LogP contribution in [0.5, 0.6) is 0 Å². The standard InChI is InChI=1S/C13H14ClNO2/c1-8-12(17-8)13(16)15-5-4-9-2-3-11(14)6-10(9)7-15/h2-3,6,8,12H,4-5,7H2,1H3. The molecule has 4 heteroatoms. The van der Waals surface area contributed by atoms with Crippen molar-refractivity contribution in [2.24, 2.45) is 0 Å². The van der Waals surface area contributed by atoms with Crippen molar-refractivity contribution in [1.82, 2.24) is 4.90 Å². The third-order valence-electron chi connectivity index (χ3n) is 3.45. The fraction of sp³-hybridized carbons (Fsp3) is 0.462. The molecule has 1 aromatic carbocycles. The molecule has 0 spiro atoms. The number of nitrogens with zero attached hydrogens (tertiary/aromatic N) is 1. The predicted molar refractivity (Wildman–Crippen MR) is 64.9 cm³/mol. The van der Waals surface area contributed by atoms with Gasteiger partial charge in [-0.25, -0.2) is 0 Å². The van der Waals surface area contributed by atoms with Crippen LogP contribution in [0.2, 0.25) is 5.02 Å². The number of hydrogen-bond acceptors (Lipinski definition) is 2. The van der Waals surface area contributed by atoms with Gasteiger partial charge in [-0.1, -0.05) is 17.7 Å². The maximum Gasteiger partial charge on any atom is 0.254 e. The average molecular weight is 252 g/mol. The Labute approximate surface area is 105 Å². The topological polar surface area (TPSA) is 32.8 Å². The van der Waals surface area contributed by atoms with Gasteiger partial charge in [-0.05, 0) is 36.6 Å². The molecule has 17 heavy (non-hydrogen) atoms. The van der Waals surface area contributed by atoms with Gasteiger partial charge in [0.15, 0.2) is 6.10 Å². The average Bonchev–Trinajstić information content (AvgIpc) is 3.04. The van der Waals surface area contributed by atoms with E-state index >= 15 is 0 Å². The van der Waals surface area contributed by atoms with E-state index in [0.717, 1.165) is 23.6 Å². The van der Waals surface area contributed by atoms with Gasteiger partial charge in [0.2, 0.25) is 0 Å². The molecule has 0 saturated carbocycles. The van der Waals surface area contributed by atoms with Crippen molar-refractivity contribution in [1.29, 1.82) is 0 Å². The van der Waals surface area contributed by atoms with E-state index in [4.69, 9.17) is 16.3 Å². The number of halogens is 1. The largest absolute Gasteiger partial charge is 0.359 e. The third kappa shape index (κ3) is 2.05. The maximum absolute atomic E-state index is 12.0. The van der Waals surface area contributed by atoms with Crippen LogP contribution in [0.3, 0.4) is 0 Å². The number of fused-ring (bicyclic) bond motifs is 1. The zero-order valence-electron chi connectivity index (χ0n) is 9.65. The fourth-order valence-corrected chi connectivity index (χ4v) is 2.53. The van der Waals surface area contributed by atoms with E-state index in [9.17, 15) is 4.79 Å². The van der Waals surface area contributed by atoms with E-state index in [1.165, 1.54) is 5.56 Å². The highest BCUT2D eigenvalue weighted by Crippen LogP contribution is 2.27. The van der Waals surface area contributed by atoms with E-state index in [2.05, 4.69) is 6.07 Å². The number of benzene rings is 1. The number of carbonyl (C=O) groups excluding carboxylic acids is 1. The molecule has 2 atom stereocenters. The Kier molecular flexibility index (Phi) is 2.60. The second-order valence-corrected chi connectivity index (χ2v) is 5.12. The summed E-state index contributed by atoms with van der Waals surface area (Å²) in [5.41, 5.74) is 2.45. The number of carbonyl (C=O) groups is 1. The van der Waals surface area contributed by atoms with Crippen molar-refractivity contribution in [3.63, 3.8) is 0 Å². The van der Waals surface area contributed by atoms with E-state index in [-0.39, 0.29) is 18.1 Å². The van der Waals surface area contributed by atoms with Crippen molar-refractivity contribution in [3.8, 4) is 0 Å². The lowest BCUT2D eigenvalue weighted by molar-refractivity contribution is -0.133. The van der Waals surface area contributed by atoms with Crippen molar-refractivity contribution in [2.75, 3.05) is 6.54 Å². The highest BCUT2D eigenvalue weighted by molar-refractivity contribution is 6.30. The van der Waals surface area contributed by atoms with Gasteiger partial charge in [0, 0.05) is 18.1 Å². The Morgan fingerprint density at radius 3 is 2.94 bits per heavy atom. The van der Waals surface area contributed by atoms with E-state index in [1.54, 1.807) is 0 Å². The van der Waals surface area contributed by atoms with Crippen molar-refractivity contribution >= 4 is 17.5 Å². The summed E-state index contributed by atoms with van der Waals surface area (Å²) in [5.74, 6) is 0.114. The van der Waals surface area contributed by atoms with Gasteiger partial charge in [-0.2, -0.15) is 0 Å². The molecule has 90 valence electrons. The summed E-state index contributed by atoms with van der Waals surface area (Å²) in [5, 5.41) is 0.731. The summed E-state index contributed by atoms with van der Waals surface area (Å²) in [6.07, 6.45) is 0.776. The van der Waals surface area contributed by atoms with Crippen molar-refractivity contribution in [3.05, 3.63) is 34.3 Å². The molecule has 1 fully saturated rings. The molecule has 2 heterocycles. The minimum atomic E-state index is -0.212. The van der Waals surface area contributed by atoms with Gasteiger partial charge < -0.3 is 9.64 Å². The zero-order valence-corrected chi connectivity index (χ0v) is 10.4. The normalized spacial score (nSPS) is 26.6. The number of amides is 1. The summed E-state index contributed by atoms with van der Waals surface area (Å²) in [6, 6.07) is 5.91. The molecule has 0 aliphatic carbocycles. The molecule has 2 aliphatic heterocycles. The van der Waals surface area contributed by atoms with Crippen LogP contribution in [0.25, 0.3) is 0 Å². The summed E-state index contributed by atoms with van der Waals surface area (Å²) in [4.78, 5) is 13.9. The maximum atomic E-state index is 12.0. The lowest BCUT2D eigenvalue weighted by Gasteiger charge is -2.28. The quantitative estimate of drug-likeness (QED) is 0.716. The summed E-state index contributed by atoms with van der Waals surface area (Å²) in [6.45, 7) is 3.36. The first kappa shape index (κ1) is 11.1. The number of rotatable bonds is 1. The number of hydrogen-bond donors (Lipinski definition) is 0. The third-order valence-corrected chi connectivity index (χ3v) is 3.68. The van der Waals surface area contributed by atoms with E-state index in [1.807, 2.05) is 24.0 Å². The van der Waals surface area contributed by atoms with Crippen LogP contribution in [-0.4, -0.2) is 29.6 Å². The van der Waals surface area contributed by atoms with Gasteiger partial charge >= 0.3 is 0 Å². The summed E-state index contributed by atoms with van der Waals surface area (Å²) < 4.78 is 5.23. The summed E-state index contributed by atoms with van der Waals surface area (Å²) >= 11 is 5.97. The molecular weight excluding hydrogens is 238 g/mol.